The van der Waals surface area contributed by atoms with Crippen LogP contribution in [0.25, 0.3) is 4.72 Å². The fourth-order valence-corrected chi connectivity index (χ4v) is 2.20. The number of sulfonamides is 1. The molecule has 6 heteroatoms. The van der Waals surface area contributed by atoms with Crippen molar-refractivity contribution in [1.29, 1.82) is 0 Å². The van der Waals surface area contributed by atoms with Crippen molar-refractivity contribution in [2.45, 2.75) is 6.92 Å². The van der Waals surface area contributed by atoms with E-state index in [1.165, 1.54) is 0 Å². The first-order valence-corrected chi connectivity index (χ1v) is 6.45. The topological polar surface area (TPSA) is 75.9 Å². The molecule has 84 valence electrons. The maximum absolute atomic E-state index is 11.4. The Kier molecular flexibility index (Phi) is 3.96. The molecule has 0 saturated carbocycles. The Morgan fingerprint density at radius 2 is 2.13 bits per heavy atom. The lowest BCUT2D eigenvalue weighted by atomic mass is 10.2. The minimum Gasteiger partial charge on any atom is -0.576 e. The largest absolute Gasteiger partial charge is 0.576 e. The Hall–Kier alpha value is -0.780. The second kappa shape index (κ2) is 4.83. The lowest BCUT2D eigenvalue weighted by molar-refractivity contribution is -0.360. The molecular formula is C9H13ClN2O2S. The molecule has 0 aliphatic heterocycles. The van der Waals surface area contributed by atoms with Crippen LogP contribution in [0.15, 0.2) is 18.2 Å². The smallest absolute Gasteiger partial charge is 0.0993 e. The summed E-state index contributed by atoms with van der Waals surface area (Å²) in [6.45, 7) is 2.05. The van der Waals surface area contributed by atoms with Gasteiger partial charge in [0.15, 0.2) is 0 Å². The van der Waals surface area contributed by atoms with Crippen LogP contribution >= 0.6 is 11.6 Å². The minimum atomic E-state index is -3.42. The van der Waals surface area contributed by atoms with Gasteiger partial charge in [0.05, 0.1) is 22.3 Å². The van der Waals surface area contributed by atoms with E-state index < -0.39 is 10.0 Å². The van der Waals surface area contributed by atoms with Gasteiger partial charge in [-0.25, -0.2) is 8.42 Å². The van der Waals surface area contributed by atoms with E-state index in [9.17, 15) is 8.42 Å². The molecule has 1 rings (SSSR count). The second-order valence-electron chi connectivity index (χ2n) is 3.11. The van der Waals surface area contributed by atoms with E-state index in [2.05, 4.69) is 10.5 Å². The van der Waals surface area contributed by atoms with Gasteiger partial charge in [-0.1, -0.05) is 23.7 Å². The molecule has 0 bridgehead atoms. The molecule has 1 aromatic rings. The highest BCUT2D eigenvalue weighted by Crippen LogP contribution is 2.31. The van der Waals surface area contributed by atoms with Crippen LogP contribution in [-0.2, 0) is 10.0 Å². The lowest BCUT2D eigenvalue weighted by Crippen LogP contribution is -2.52. The fraction of sp³-hybridized carbons (Fsp3) is 0.333. The first-order valence-electron chi connectivity index (χ1n) is 4.46. The molecule has 0 aliphatic rings. The van der Waals surface area contributed by atoms with E-state index >= 15 is 0 Å². The minimum absolute atomic E-state index is 0.0427. The van der Waals surface area contributed by atoms with Crippen LogP contribution in [0.2, 0.25) is 5.02 Å². The molecule has 0 amide bonds. The monoisotopic (exact) mass is 248 g/mol. The van der Waals surface area contributed by atoms with Crippen molar-refractivity contribution in [3.63, 3.8) is 0 Å². The normalized spacial score (nSPS) is 11.4. The third kappa shape index (κ3) is 3.37. The Labute approximate surface area is 94.5 Å². The van der Waals surface area contributed by atoms with Crippen LogP contribution in [-0.4, -0.2) is 20.7 Å². The van der Waals surface area contributed by atoms with Crippen LogP contribution in [0.5, 0.6) is 0 Å². The summed E-state index contributed by atoms with van der Waals surface area (Å²) in [6, 6.07) is 5.00. The van der Waals surface area contributed by atoms with Gasteiger partial charge < -0.3 is 10.5 Å². The number of hydrogen-bond donors (Lipinski definition) is 1. The summed E-state index contributed by atoms with van der Waals surface area (Å²) in [4.78, 5) is 0. The molecule has 0 fully saturated rings. The van der Waals surface area contributed by atoms with Gasteiger partial charge >= 0.3 is 0 Å². The summed E-state index contributed by atoms with van der Waals surface area (Å²) in [7, 11) is -3.42. The highest BCUT2D eigenvalue weighted by atomic mass is 35.5. The first kappa shape index (κ1) is 12.3. The highest BCUT2D eigenvalue weighted by Gasteiger charge is 2.01. The van der Waals surface area contributed by atoms with E-state index in [1.54, 1.807) is 25.1 Å². The zero-order valence-corrected chi connectivity index (χ0v) is 9.98. The van der Waals surface area contributed by atoms with Gasteiger partial charge in [-0.2, -0.15) is 0 Å². The van der Waals surface area contributed by atoms with Gasteiger partial charge in [0.1, 0.15) is 0 Å². The van der Waals surface area contributed by atoms with E-state index in [-0.39, 0.29) is 5.75 Å². The highest BCUT2D eigenvalue weighted by molar-refractivity contribution is 7.94. The number of benzene rings is 1. The molecule has 0 aliphatic carbocycles. The van der Waals surface area contributed by atoms with Crippen LogP contribution in [0.4, 0.5) is 5.69 Å². The predicted molar refractivity (Wildman–Crippen MR) is 60.7 cm³/mol. The number of hydrogen-bond acceptors (Lipinski definition) is 2. The third-order valence-corrected chi connectivity index (χ3v) is 3.57. The third-order valence-electron chi connectivity index (χ3n) is 1.88. The molecule has 0 saturated heterocycles. The molecule has 0 heterocycles. The van der Waals surface area contributed by atoms with Crippen LogP contribution in [0, 0.1) is 6.92 Å². The van der Waals surface area contributed by atoms with Crippen molar-refractivity contribution >= 4 is 27.3 Å². The summed E-state index contributed by atoms with van der Waals surface area (Å²) in [5.74, 6) is -0.0427. The SMILES string of the molecule is Cc1c(Cl)cccc1[N-]S(=O)(=O)CC[NH3+]. The van der Waals surface area contributed by atoms with Crippen molar-refractivity contribution in [3.05, 3.63) is 33.5 Å². The fourth-order valence-electron chi connectivity index (χ4n) is 1.07. The maximum Gasteiger partial charge on any atom is 0.0993 e. The average molecular weight is 249 g/mol. The zero-order valence-electron chi connectivity index (χ0n) is 8.40. The molecule has 15 heavy (non-hydrogen) atoms. The molecule has 4 nitrogen and oxygen atoms in total. The second-order valence-corrected chi connectivity index (χ2v) is 5.28. The molecule has 0 atom stereocenters. The molecule has 1 aromatic carbocycles. The molecular weight excluding hydrogens is 236 g/mol. The van der Waals surface area contributed by atoms with E-state index in [0.717, 1.165) is 0 Å². The van der Waals surface area contributed by atoms with E-state index in [0.29, 0.717) is 22.8 Å². The van der Waals surface area contributed by atoms with Crippen molar-refractivity contribution in [3.8, 4) is 0 Å². The number of quaternary nitrogens is 1. The Bertz CT molecular complexity index is 445. The number of halogens is 1. The summed E-state index contributed by atoms with van der Waals surface area (Å²) in [6.07, 6.45) is 0. The van der Waals surface area contributed by atoms with Gasteiger partial charge in [-0.3, -0.25) is 0 Å². The summed E-state index contributed by atoms with van der Waals surface area (Å²) < 4.78 is 26.5. The average Bonchev–Trinajstić information content (AvgIpc) is 2.12. The zero-order chi connectivity index (χ0) is 11.5. The van der Waals surface area contributed by atoms with Crippen LogP contribution in [0.3, 0.4) is 0 Å². The van der Waals surface area contributed by atoms with Crippen molar-refractivity contribution in [1.82, 2.24) is 0 Å². The number of rotatable bonds is 4. The Morgan fingerprint density at radius 1 is 1.47 bits per heavy atom. The van der Waals surface area contributed by atoms with Crippen molar-refractivity contribution in [2.75, 3.05) is 12.3 Å². The Morgan fingerprint density at radius 3 is 2.73 bits per heavy atom. The molecule has 3 N–H and O–H groups in total. The maximum atomic E-state index is 11.4. The molecule has 0 spiro atoms. The van der Waals surface area contributed by atoms with Crippen LogP contribution < -0.4 is 5.73 Å². The quantitative estimate of drug-likeness (QED) is 0.870. The first-order chi connectivity index (χ1) is 6.96. The van der Waals surface area contributed by atoms with Crippen LogP contribution in [0.1, 0.15) is 5.56 Å². The summed E-state index contributed by atoms with van der Waals surface area (Å²) >= 11 is 5.85. The van der Waals surface area contributed by atoms with Gasteiger partial charge in [0, 0.05) is 5.02 Å². The van der Waals surface area contributed by atoms with Crippen molar-refractivity contribution in [2.24, 2.45) is 0 Å². The van der Waals surface area contributed by atoms with E-state index in [1.807, 2.05) is 0 Å². The van der Waals surface area contributed by atoms with Crippen molar-refractivity contribution < 1.29 is 14.2 Å². The molecule has 0 aromatic heterocycles. The van der Waals surface area contributed by atoms with Gasteiger partial charge in [0.2, 0.25) is 0 Å². The van der Waals surface area contributed by atoms with Gasteiger partial charge in [-0.15, -0.1) is 5.69 Å². The standard InChI is InChI=1S/C9H12ClN2O2S/c1-7-8(10)3-2-4-9(7)12-15(13,14)6-5-11/h2-4H,5-6,11H2,1H3/q-1/p+1. The lowest BCUT2D eigenvalue weighted by Gasteiger charge is -2.23. The van der Waals surface area contributed by atoms with Gasteiger partial charge in [0.25, 0.3) is 0 Å². The predicted octanol–water partition coefficient (Wildman–Crippen LogP) is 1.23. The summed E-state index contributed by atoms with van der Waals surface area (Å²) in [5, 5.41) is 0.515. The summed E-state index contributed by atoms with van der Waals surface area (Å²) in [5.41, 5.74) is 4.56. The molecule has 0 unspecified atom stereocenters. The molecule has 0 radical (unpaired) electrons. The van der Waals surface area contributed by atoms with Gasteiger partial charge in [-0.05, 0) is 18.6 Å². The Balaban J connectivity index is 2.95. The number of nitrogens with zero attached hydrogens (tertiary/aromatic N) is 1. The van der Waals surface area contributed by atoms with E-state index in [4.69, 9.17) is 11.6 Å².